The van der Waals surface area contributed by atoms with Gasteiger partial charge in [0.05, 0.1) is 12.9 Å². The van der Waals surface area contributed by atoms with Gasteiger partial charge in [-0.15, -0.1) is 0 Å². The molecule has 3 rings (SSSR count). The number of hydrogen-bond acceptors (Lipinski definition) is 9. The minimum Gasteiger partial charge on any atom is -0.394 e. The molecule has 2 heterocycles. The Morgan fingerprint density at radius 3 is 2.90 bits per heavy atom. The van der Waals surface area contributed by atoms with Gasteiger partial charge < -0.3 is 31.1 Å². The van der Waals surface area contributed by atoms with Crippen LogP contribution in [0.15, 0.2) is 6.33 Å². The van der Waals surface area contributed by atoms with Crippen LogP contribution in [0.1, 0.15) is 45.4 Å². The van der Waals surface area contributed by atoms with Crippen molar-refractivity contribution in [2.75, 3.05) is 18.9 Å². The fraction of sp³-hybridized carbons (Fsp3) is 0.684. The van der Waals surface area contributed by atoms with Gasteiger partial charge in [0.25, 0.3) is 5.91 Å². The van der Waals surface area contributed by atoms with Gasteiger partial charge in [-0.2, -0.15) is 0 Å². The van der Waals surface area contributed by atoms with E-state index in [1.54, 1.807) is 6.92 Å². The van der Waals surface area contributed by atoms with E-state index in [-0.39, 0.29) is 24.3 Å². The average Bonchev–Trinajstić information content (AvgIpc) is 3.14. The predicted molar refractivity (Wildman–Crippen MR) is 108 cm³/mol. The second-order valence-electron chi connectivity index (χ2n) is 7.75. The van der Waals surface area contributed by atoms with Crippen molar-refractivity contribution >= 4 is 22.9 Å². The van der Waals surface area contributed by atoms with Crippen molar-refractivity contribution in [3.05, 3.63) is 12.2 Å². The van der Waals surface area contributed by atoms with Gasteiger partial charge in [-0.05, 0) is 25.7 Å². The van der Waals surface area contributed by atoms with Crippen LogP contribution in [-0.2, 0) is 21.9 Å². The Morgan fingerprint density at radius 2 is 2.23 bits per heavy atom. The van der Waals surface area contributed by atoms with Crippen LogP contribution in [0.5, 0.6) is 0 Å². The van der Waals surface area contributed by atoms with Crippen LogP contribution in [0.2, 0.25) is 0 Å². The van der Waals surface area contributed by atoms with Crippen molar-refractivity contribution in [1.82, 2.24) is 24.8 Å². The standard InChI is InChI=1S/C19H30N6O5/c1-3-21-17(28)14(12(27)8-26)30-10-25-9-22-13-15(20)23-18(24-16(13)25)19(29)7-5-4-6-11(19)2/h9,11-12,14,26-27,29H,3-8,10H2,1-2H3,(H,21,28)(H2,20,23,24)/t11?,12?,14-,19?/m0/s1. The maximum atomic E-state index is 12.1. The topological polar surface area (TPSA) is 169 Å². The highest BCUT2D eigenvalue weighted by Crippen LogP contribution is 2.40. The minimum absolute atomic E-state index is 0.0162. The molecule has 166 valence electrons. The molecule has 1 aliphatic rings. The normalized spacial score (nSPS) is 24.0. The SMILES string of the molecule is CCNC(=O)[C@@H](OCn1cnc2c(N)nc(C3(O)CCCCC3C)nc21)C(O)CO. The van der Waals surface area contributed by atoms with Gasteiger partial charge in [0.1, 0.15) is 24.0 Å². The Bertz CT molecular complexity index is 890. The van der Waals surface area contributed by atoms with Crippen LogP contribution in [0.25, 0.3) is 11.2 Å². The summed E-state index contributed by atoms with van der Waals surface area (Å²) in [7, 11) is 0. The monoisotopic (exact) mass is 422 g/mol. The molecule has 0 radical (unpaired) electrons. The highest BCUT2D eigenvalue weighted by Gasteiger charge is 2.41. The highest BCUT2D eigenvalue weighted by atomic mass is 16.5. The number of carbonyl (C=O) groups excluding carboxylic acids is 1. The zero-order valence-electron chi connectivity index (χ0n) is 17.3. The van der Waals surface area contributed by atoms with Crippen molar-refractivity contribution in [3.63, 3.8) is 0 Å². The summed E-state index contributed by atoms with van der Waals surface area (Å²) >= 11 is 0. The smallest absolute Gasteiger partial charge is 0.252 e. The van der Waals surface area contributed by atoms with E-state index in [4.69, 9.17) is 10.5 Å². The van der Waals surface area contributed by atoms with Crippen LogP contribution in [0.4, 0.5) is 5.82 Å². The molecule has 0 aromatic carbocycles. The number of aliphatic hydroxyl groups excluding tert-OH is 2. The van der Waals surface area contributed by atoms with E-state index in [9.17, 15) is 20.1 Å². The number of anilines is 1. The molecule has 2 aromatic rings. The molecule has 1 fully saturated rings. The van der Waals surface area contributed by atoms with E-state index in [1.807, 2.05) is 6.92 Å². The zero-order valence-corrected chi connectivity index (χ0v) is 17.3. The van der Waals surface area contributed by atoms with E-state index in [0.29, 0.717) is 24.1 Å². The van der Waals surface area contributed by atoms with E-state index in [1.165, 1.54) is 10.9 Å². The first-order valence-electron chi connectivity index (χ1n) is 10.2. The number of ether oxygens (including phenoxy) is 1. The number of aliphatic hydroxyl groups is 3. The molecule has 0 aliphatic heterocycles. The molecule has 0 saturated heterocycles. The molecular weight excluding hydrogens is 392 g/mol. The number of nitrogens with zero attached hydrogens (tertiary/aromatic N) is 4. The Labute approximate surface area is 174 Å². The van der Waals surface area contributed by atoms with Crippen molar-refractivity contribution in [2.45, 2.75) is 64.1 Å². The predicted octanol–water partition coefficient (Wildman–Crippen LogP) is -0.362. The van der Waals surface area contributed by atoms with Crippen LogP contribution >= 0.6 is 0 Å². The Hall–Kier alpha value is -2.34. The number of imidazole rings is 1. The van der Waals surface area contributed by atoms with Gasteiger partial charge in [0.15, 0.2) is 23.4 Å². The number of amides is 1. The fourth-order valence-corrected chi connectivity index (χ4v) is 3.81. The van der Waals surface area contributed by atoms with Crippen LogP contribution in [-0.4, -0.2) is 66.1 Å². The summed E-state index contributed by atoms with van der Waals surface area (Å²) < 4.78 is 7.09. The van der Waals surface area contributed by atoms with Gasteiger partial charge in [-0.1, -0.05) is 19.8 Å². The highest BCUT2D eigenvalue weighted by molar-refractivity contribution is 5.82. The summed E-state index contributed by atoms with van der Waals surface area (Å²) in [5, 5.41) is 32.9. The molecule has 6 N–H and O–H groups in total. The second kappa shape index (κ2) is 9.21. The Balaban J connectivity index is 1.89. The second-order valence-corrected chi connectivity index (χ2v) is 7.75. The Morgan fingerprint density at radius 1 is 1.47 bits per heavy atom. The van der Waals surface area contributed by atoms with E-state index >= 15 is 0 Å². The largest absolute Gasteiger partial charge is 0.394 e. The number of nitrogen functional groups attached to an aromatic ring is 1. The molecule has 11 heteroatoms. The molecule has 3 unspecified atom stereocenters. The third kappa shape index (κ3) is 4.24. The summed E-state index contributed by atoms with van der Waals surface area (Å²) in [6.07, 6.45) is 2.12. The molecule has 1 aliphatic carbocycles. The third-order valence-corrected chi connectivity index (χ3v) is 5.68. The molecule has 11 nitrogen and oxygen atoms in total. The summed E-state index contributed by atoms with van der Waals surface area (Å²) in [5.41, 5.74) is 5.62. The van der Waals surface area contributed by atoms with E-state index in [2.05, 4.69) is 20.3 Å². The van der Waals surface area contributed by atoms with Gasteiger partial charge >= 0.3 is 0 Å². The van der Waals surface area contributed by atoms with Gasteiger partial charge in [-0.3, -0.25) is 9.36 Å². The summed E-state index contributed by atoms with van der Waals surface area (Å²) in [6.45, 7) is 3.27. The number of aromatic nitrogens is 4. The lowest BCUT2D eigenvalue weighted by Crippen LogP contribution is -2.45. The quantitative estimate of drug-likeness (QED) is 0.381. The van der Waals surface area contributed by atoms with Crippen molar-refractivity contribution < 1.29 is 24.9 Å². The van der Waals surface area contributed by atoms with Crippen LogP contribution < -0.4 is 11.1 Å². The maximum absolute atomic E-state index is 12.1. The lowest BCUT2D eigenvalue weighted by atomic mass is 9.76. The van der Waals surface area contributed by atoms with Gasteiger partial charge in [0.2, 0.25) is 0 Å². The van der Waals surface area contributed by atoms with Crippen LogP contribution in [0.3, 0.4) is 0 Å². The van der Waals surface area contributed by atoms with Crippen molar-refractivity contribution in [1.29, 1.82) is 0 Å². The number of nitrogens with one attached hydrogen (secondary N) is 1. The first-order chi connectivity index (χ1) is 14.3. The maximum Gasteiger partial charge on any atom is 0.252 e. The molecule has 1 amide bonds. The number of carbonyl (C=O) groups is 1. The average molecular weight is 422 g/mol. The molecule has 0 bridgehead atoms. The lowest BCUT2D eigenvalue weighted by molar-refractivity contribution is -0.147. The molecule has 4 atom stereocenters. The zero-order chi connectivity index (χ0) is 21.9. The summed E-state index contributed by atoms with van der Waals surface area (Å²) in [6, 6.07) is 0. The van der Waals surface area contributed by atoms with Crippen molar-refractivity contribution in [3.8, 4) is 0 Å². The third-order valence-electron chi connectivity index (χ3n) is 5.68. The Kier molecular flexibility index (Phi) is 6.86. The number of hydrogen-bond donors (Lipinski definition) is 5. The lowest BCUT2D eigenvalue weighted by Gasteiger charge is -2.36. The van der Waals surface area contributed by atoms with E-state index in [0.717, 1.165) is 19.3 Å². The van der Waals surface area contributed by atoms with Gasteiger partial charge in [0, 0.05) is 6.54 Å². The first-order valence-corrected chi connectivity index (χ1v) is 10.2. The van der Waals surface area contributed by atoms with E-state index < -0.39 is 30.3 Å². The number of fused-ring (bicyclic) bond motifs is 1. The summed E-state index contributed by atoms with van der Waals surface area (Å²) in [5.74, 6) is -0.158. The molecule has 1 saturated carbocycles. The summed E-state index contributed by atoms with van der Waals surface area (Å²) in [4.78, 5) is 25.2. The molecular formula is C19H30N6O5. The van der Waals surface area contributed by atoms with Crippen LogP contribution in [0, 0.1) is 5.92 Å². The molecule has 2 aromatic heterocycles. The molecule has 0 spiro atoms. The number of nitrogens with two attached hydrogens (primary N) is 1. The van der Waals surface area contributed by atoms with Gasteiger partial charge in [-0.25, -0.2) is 15.0 Å². The minimum atomic E-state index is -1.38. The van der Waals surface area contributed by atoms with Crippen molar-refractivity contribution in [2.24, 2.45) is 5.92 Å². The molecule has 30 heavy (non-hydrogen) atoms. The first kappa shape index (κ1) is 22.3. The fourth-order valence-electron chi connectivity index (χ4n) is 3.81. The number of likely N-dealkylation sites (N-methyl/N-ethyl adjacent to an activating group) is 1. The number of rotatable bonds is 8.